The second-order valence-electron chi connectivity index (χ2n) is 5.01. The second-order valence-corrected chi connectivity index (χ2v) is 5.01. The van der Waals surface area contributed by atoms with Gasteiger partial charge in [0.05, 0.1) is 25.1 Å². The van der Waals surface area contributed by atoms with Crippen LogP contribution in [0, 0.1) is 5.92 Å². The normalized spacial score (nSPS) is 31.0. The molecule has 0 saturated carbocycles. The molecule has 1 spiro atoms. The van der Waals surface area contributed by atoms with Gasteiger partial charge < -0.3 is 19.9 Å². The molecule has 2 N–H and O–H groups in total. The molecule has 21 heavy (non-hydrogen) atoms. The maximum atomic E-state index is 12.7. The van der Waals surface area contributed by atoms with Gasteiger partial charge in [-0.15, -0.1) is 0 Å². The van der Waals surface area contributed by atoms with Crippen molar-refractivity contribution >= 4 is 17.6 Å². The first-order chi connectivity index (χ1) is 10.1. The maximum Gasteiger partial charge on any atom is 0.311 e. The van der Waals surface area contributed by atoms with Crippen LogP contribution in [0.15, 0.2) is 24.3 Å². The fraction of sp³-hybridized carbons (Fsp3) is 0.429. The van der Waals surface area contributed by atoms with E-state index in [0.717, 1.165) is 0 Å². The van der Waals surface area contributed by atoms with Gasteiger partial charge in [-0.3, -0.25) is 14.0 Å². The van der Waals surface area contributed by atoms with Crippen molar-refractivity contribution < 1.29 is 28.6 Å². The van der Waals surface area contributed by atoms with Gasteiger partial charge >= 0.3 is 5.97 Å². The molecule has 6 nitrogen and oxygen atoms in total. The highest BCUT2D eigenvalue weighted by atomic mass is 19.1. The zero-order chi connectivity index (χ0) is 15.0. The van der Waals surface area contributed by atoms with Crippen LogP contribution in [0.1, 0.15) is 12.0 Å². The van der Waals surface area contributed by atoms with Crippen LogP contribution >= 0.6 is 0 Å². The first kappa shape index (κ1) is 14.0. The minimum atomic E-state index is -1.68. The van der Waals surface area contributed by atoms with E-state index < -0.39 is 36.4 Å². The van der Waals surface area contributed by atoms with Crippen molar-refractivity contribution in [3.05, 3.63) is 29.8 Å². The van der Waals surface area contributed by atoms with E-state index in [1.165, 1.54) is 0 Å². The summed E-state index contributed by atoms with van der Waals surface area (Å²) in [6, 6.07) is 6.84. The number of anilines is 1. The van der Waals surface area contributed by atoms with Crippen LogP contribution in [0.25, 0.3) is 0 Å². The average molecular weight is 295 g/mol. The van der Waals surface area contributed by atoms with Crippen LogP contribution in [-0.2, 0) is 24.8 Å². The second kappa shape index (κ2) is 5.09. The van der Waals surface area contributed by atoms with Gasteiger partial charge in [-0.05, 0) is 6.07 Å². The summed E-state index contributed by atoms with van der Waals surface area (Å²) < 4.78 is 23.8. The zero-order valence-corrected chi connectivity index (χ0v) is 11.0. The molecule has 2 unspecified atom stereocenters. The molecule has 0 aliphatic carbocycles. The van der Waals surface area contributed by atoms with E-state index in [9.17, 15) is 14.0 Å². The third-order valence-corrected chi connectivity index (χ3v) is 3.77. The molecule has 1 aromatic carbocycles. The van der Waals surface area contributed by atoms with E-state index in [1.807, 2.05) is 0 Å². The first-order valence-corrected chi connectivity index (χ1v) is 6.60. The number of para-hydroxylation sites is 1. The SMILES string of the molecule is O=C(O)C1CO[C@]2(OC1CCF)C(=O)Nc1ccccc12. The molecule has 2 heterocycles. The zero-order valence-electron chi connectivity index (χ0n) is 11.0. The summed E-state index contributed by atoms with van der Waals surface area (Å²) in [4.78, 5) is 23.4. The Morgan fingerprint density at radius 1 is 1.48 bits per heavy atom. The molecule has 0 aromatic heterocycles. The van der Waals surface area contributed by atoms with Crippen LogP contribution in [0.4, 0.5) is 10.1 Å². The van der Waals surface area contributed by atoms with E-state index in [4.69, 9.17) is 14.6 Å². The Balaban J connectivity index is 1.96. The number of carbonyl (C=O) groups excluding carboxylic acids is 1. The van der Waals surface area contributed by atoms with Crippen molar-refractivity contribution in [2.45, 2.75) is 18.3 Å². The predicted molar refractivity (Wildman–Crippen MR) is 69.3 cm³/mol. The number of fused-ring (bicyclic) bond motifs is 2. The molecule has 1 fully saturated rings. The van der Waals surface area contributed by atoms with Crippen molar-refractivity contribution in [1.29, 1.82) is 0 Å². The molecule has 1 aromatic rings. The van der Waals surface area contributed by atoms with Gasteiger partial charge in [0, 0.05) is 12.0 Å². The highest BCUT2D eigenvalue weighted by molar-refractivity contribution is 6.04. The lowest BCUT2D eigenvalue weighted by molar-refractivity contribution is -0.297. The molecule has 7 heteroatoms. The Labute approximate surface area is 119 Å². The van der Waals surface area contributed by atoms with Crippen LogP contribution < -0.4 is 5.32 Å². The molecule has 112 valence electrons. The van der Waals surface area contributed by atoms with E-state index in [-0.39, 0.29) is 13.0 Å². The highest BCUT2D eigenvalue weighted by Gasteiger charge is 2.55. The number of carboxylic acid groups (broad SMARTS) is 1. The number of nitrogens with one attached hydrogen (secondary N) is 1. The Hall–Kier alpha value is -1.99. The largest absolute Gasteiger partial charge is 0.481 e. The van der Waals surface area contributed by atoms with Crippen molar-refractivity contribution in [3.8, 4) is 0 Å². The predicted octanol–water partition coefficient (Wildman–Crippen LogP) is 1.27. The molecule has 2 aliphatic heterocycles. The summed E-state index contributed by atoms with van der Waals surface area (Å²) in [5, 5.41) is 11.8. The minimum Gasteiger partial charge on any atom is -0.481 e. The fourth-order valence-corrected chi connectivity index (χ4v) is 2.71. The van der Waals surface area contributed by atoms with Crippen LogP contribution in [0.2, 0.25) is 0 Å². The van der Waals surface area contributed by atoms with Gasteiger partial charge in [-0.2, -0.15) is 0 Å². The summed E-state index contributed by atoms with van der Waals surface area (Å²) >= 11 is 0. The summed E-state index contributed by atoms with van der Waals surface area (Å²) in [5.74, 6) is -4.32. The molecule has 0 radical (unpaired) electrons. The van der Waals surface area contributed by atoms with Crippen LogP contribution in [0.3, 0.4) is 0 Å². The number of ether oxygens (including phenoxy) is 2. The molecule has 3 rings (SSSR count). The van der Waals surface area contributed by atoms with Crippen LogP contribution in [0.5, 0.6) is 0 Å². The number of hydrogen-bond donors (Lipinski definition) is 2. The third kappa shape index (κ3) is 2.09. The van der Waals surface area contributed by atoms with E-state index in [2.05, 4.69) is 5.32 Å². The Morgan fingerprint density at radius 2 is 2.24 bits per heavy atom. The Kier molecular flexibility index (Phi) is 3.38. The number of carboxylic acids is 1. The van der Waals surface area contributed by atoms with Crippen molar-refractivity contribution in [2.24, 2.45) is 5.92 Å². The summed E-state index contributed by atoms with van der Waals surface area (Å²) in [5.41, 5.74) is 1.04. The van der Waals surface area contributed by atoms with Gasteiger partial charge in [0.2, 0.25) is 0 Å². The molecule has 0 bridgehead atoms. The third-order valence-electron chi connectivity index (χ3n) is 3.77. The molecular formula is C14H14FNO5. The smallest absolute Gasteiger partial charge is 0.311 e. The number of hydrogen-bond acceptors (Lipinski definition) is 4. The number of carbonyl (C=O) groups is 2. The van der Waals surface area contributed by atoms with Crippen LogP contribution in [-0.4, -0.2) is 36.4 Å². The molecule has 1 saturated heterocycles. The Morgan fingerprint density at radius 3 is 2.95 bits per heavy atom. The van der Waals surface area contributed by atoms with Crippen molar-refractivity contribution in [1.82, 2.24) is 0 Å². The topological polar surface area (TPSA) is 84.9 Å². The number of benzene rings is 1. The van der Waals surface area contributed by atoms with E-state index in [1.54, 1.807) is 24.3 Å². The van der Waals surface area contributed by atoms with Crippen molar-refractivity contribution in [2.75, 3.05) is 18.6 Å². The number of halogens is 1. The quantitative estimate of drug-likeness (QED) is 0.877. The highest BCUT2D eigenvalue weighted by Crippen LogP contribution is 2.44. The lowest BCUT2D eigenvalue weighted by Gasteiger charge is -2.39. The number of rotatable bonds is 3. The van der Waals surface area contributed by atoms with Crippen molar-refractivity contribution in [3.63, 3.8) is 0 Å². The number of alkyl halides is 1. The fourth-order valence-electron chi connectivity index (χ4n) is 2.71. The number of amides is 1. The van der Waals surface area contributed by atoms with Gasteiger partial charge in [0.1, 0.15) is 5.92 Å². The van der Waals surface area contributed by atoms with Gasteiger partial charge in [0.25, 0.3) is 11.7 Å². The molecule has 2 aliphatic rings. The van der Waals surface area contributed by atoms with Gasteiger partial charge in [-0.25, -0.2) is 0 Å². The summed E-state index contributed by atoms with van der Waals surface area (Å²) in [6.45, 7) is -0.935. The number of aliphatic carboxylic acids is 1. The van der Waals surface area contributed by atoms with Gasteiger partial charge in [-0.1, -0.05) is 18.2 Å². The minimum absolute atomic E-state index is 0.0997. The summed E-state index contributed by atoms with van der Waals surface area (Å²) in [6.07, 6.45) is -1.02. The summed E-state index contributed by atoms with van der Waals surface area (Å²) in [7, 11) is 0. The molecule has 3 atom stereocenters. The first-order valence-electron chi connectivity index (χ1n) is 6.60. The Bertz CT molecular complexity index is 592. The van der Waals surface area contributed by atoms with Gasteiger partial charge in [0.15, 0.2) is 0 Å². The molecule has 1 amide bonds. The maximum absolute atomic E-state index is 12.7. The lowest BCUT2D eigenvalue weighted by atomic mass is 9.96. The van der Waals surface area contributed by atoms with E-state index >= 15 is 0 Å². The lowest BCUT2D eigenvalue weighted by Crippen LogP contribution is -2.53. The van der Waals surface area contributed by atoms with E-state index in [0.29, 0.717) is 11.3 Å². The standard InChI is InChI=1S/C14H14FNO5/c15-6-5-11-8(12(17)18)7-20-14(21-11)9-3-1-2-4-10(9)16-13(14)19/h1-4,8,11H,5-7H2,(H,16,19)(H,17,18)/t8?,11?,14-/m1/s1. The monoisotopic (exact) mass is 295 g/mol. The molecular weight excluding hydrogens is 281 g/mol. The average Bonchev–Trinajstić information content (AvgIpc) is 2.72.